The molecule has 7 nitrogen and oxygen atoms in total. The molecule has 0 saturated heterocycles. The Kier molecular flexibility index (Phi) is 8.21. The van der Waals surface area contributed by atoms with Crippen LogP contribution in [-0.4, -0.2) is 34.0 Å². The Morgan fingerprint density at radius 3 is 2.36 bits per heavy atom. The largest absolute Gasteiger partial charge is 0.481 e. The van der Waals surface area contributed by atoms with E-state index in [0.717, 1.165) is 17.7 Å². The molecule has 36 heavy (non-hydrogen) atoms. The van der Waals surface area contributed by atoms with Gasteiger partial charge in [-0.3, -0.25) is 9.59 Å². The van der Waals surface area contributed by atoms with E-state index in [4.69, 9.17) is 5.11 Å². The Balaban J connectivity index is 1.63. The van der Waals surface area contributed by atoms with Crippen molar-refractivity contribution in [2.24, 2.45) is 0 Å². The van der Waals surface area contributed by atoms with Crippen LogP contribution in [0.4, 0.5) is 24.7 Å². The van der Waals surface area contributed by atoms with Gasteiger partial charge < -0.3 is 15.3 Å². The lowest BCUT2D eigenvalue weighted by molar-refractivity contribution is -0.138. The number of aliphatic carboxylic acids is 1. The third-order valence-corrected chi connectivity index (χ3v) is 5.09. The summed E-state index contributed by atoms with van der Waals surface area (Å²) < 4.78 is 37.9. The number of carboxylic acid groups (broad SMARTS) is 1. The van der Waals surface area contributed by atoms with Crippen LogP contribution < -0.4 is 10.2 Å². The molecule has 10 heteroatoms. The van der Waals surface area contributed by atoms with Gasteiger partial charge in [-0.2, -0.15) is 13.2 Å². The van der Waals surface area contributed by atoms with Gasteiger partial charge in [0.15, 0.2) is 0 Å². The summed E-state index contributed by atoms with van der Waals surface area (Å²) in [5.74, 6) is -0.473. The van der Waals surface area contributed by atoms with E-state index in [0.29, 0.717) is 34.9 Å². The maximum Gasteiger partial charge on any atom is 0.416 e. The van der Waals surface area contributed by atoms with Crippen LogP contribution in [0, 0.1) is 0 Å². The van der Waals surface area contributed by atoms with Gasteiger partial charge in [0, 0.05) is 37.0 Å². The molecular formula is C26H23F3N4O3. The first kappa shape index (κ1) is 26.1. The number of rotatable bonds is 9. The molecule has 0 aliphatic heterocycles. The average Bonchev–Trinajstić information content (AvgIpc) is 2.84. The first-order valence-corrected chi connectivity index (χ1v) is 10.7. The number of benzene rings is 2. The molecule has 0 unspecified atom stereocenters. The van der Waals surface area contributed by atoms with Gasteiger partial charge in [0.2, 0.25) is 5.91 Å². The van der Waals surface area contributed by atoms with Crippen LogP contribution in [0.3, 0.4) is 0 Å². The molecule has 1 heterocycles. The zero-order chi connectivity index (χ0) is 26.3. The molecule has 0 bridgehead atoms. The van der Waals surface area contributed by atoms with E-state index in [2.05, 4.69) is 21.9 Å². The summed E-state index contributed by atoms with van der Waals surface area (Å²) in [5, 5.41) is 11.8. The highest BCUT2D eigenvalue weighted by Crippen LogP contribution is 2.29. The number of anilines is 2. The topological polar surface area (TPSA) is 95.4 Å². The molecule has 186 valence electrons. The van der Waals surface area contributed by atoms with Gasteiger partial charge in [-0.05, 0) is 47.7 Å². The van der Waals surface area contributed by atoms with E-state index in [1.807, 2.05) is 0 Å². The van der Waals surface area contributed by atoms with E-state index < -0.39 is 23.6 Å². The number of carbonyl (C=O) groups excluding carboxylic acids is 1. The van der Waals surface area contributed by atoms with Crippen LogP contribution in [-0.2, 0) is 28.6 Å². The van der Waals surface area contributed by atoms with Crippen molar-refractivity contribution in [3.63, 3.8) is 0 Å². The Hall–Kier alpha value is -4.47. The molecule has 1 aromatic heterocycles. The predicted molar refractivity (Wildman–Crippen MR) is 130 cm³/mol. The third kappa shape index (κ3) is 7.26. The predicted octanol–water partition coefficient (Wildman–Crippen LogP) is 4.94. The highest BCUT2D eigenvalue weighted by atomic mass is 19.4. The smallest absolute Gasteiger partial charge is 0.416 e. The normalized spacial score (nSPS) is 11.3. The summed E-state index contributed by atoms with van der Waals surface area (Å²) >= 11 is 0. The first-order valence-electron chi connectivity index (χ1n) is 10.7. The summed E-state index contributed by atoms with van der Waals surface area (Å²) in [7, 11) is 1.72. The van der Waals surface area contributed by atoms with Crippen molar-refractivity contribution >= 4 is 29.5 Å². The van der Waals surface area contributed by atoms with Crippen molar-refractivity contribution in [3.05, 3.63) is 102 Å². The summed E-state index contributed by atoms with van der Waals surface area (Å²) in [6.45, 7) is 3.68. The molecule has 2 N–H and O–H groups in total. The van der Waals surface area contributed by atoms with Crippen molar-refractivity contribution in [3.8, 4) is 0 Å². The maximum absolute atomic E-state index is 12.6. The van der Waals surface area contributed by atoms with Gasteiger partial charge >= 0.3 is 12.1 Å². The van der Waals surface area contributed by atoms with Gasteiger partial charge in [-0.1, -0.05) is 30.8 Å². The SMILES string of the molecule is C=CN(C)c1nc(Cc2ccc(NC(=O)/C=C/c3ccc(C(F)(F)F)cc3)cc2)ncc1CC(=O)O. The van der Waals surface area contributed by atoms with Crippen LogP contribution >= 0.6 is 0 Å². The molecular weight excluding hydrogens is 473 g/mol. The molecule has 0 fully saturated rings. The van der Waals surface area contributed by atoms with Crippen LogP contribution in [0.5, 0.6) is 0 Å². The number of amides is 1. The molecule has 0 atom stereocenters. The quantitative estimate of drug-likeness (QED) is 0.408. The van der Waals surface area contributed by atoms with E-state index in [1.54, 1.807) is 36.2 Å². The summed E-state index contributed by atoms with van der Waals surface area (Å²) in [6.07, 6.45) is 1.44. The Labute approximate surface area is 205 Å². The number of nitrogens with zero attached hydrogens (tertiary/aromatic N) is 3. The van der Waals surface area contributed by atoms with Crippen molar-refractivity contribution in [2.45, 2.75) is 19.0 Å². The average molecular weight is 496 g/mol. The summed E-state index contributed by atoms with van der Waals surface area (Å²) in [6, 6.07) is 11.5. The van der Waals surface area contributed by atoms with Crippen molar-refractivity contribution < 1.29 is 27.9 Å². The number of halogens is 3. The number of carbonyl (C=O) groups is 2. The summed E-state index contributed by atoms with van der Waals surface area (Å²) in [4.78, 5) is 33.6. The van der Waals surface area contributed by atoms with Crippen molar-refractivity contribution in [1.29, 1.82) is 0 Å². The van der Waals surface area contributed by atoms with E-state index in [-0.39, 0.29) is 6.42 Å². The second-order valence-corrected chi connectivity index (χ2v) is 7.82. The number of nitrogens with one attached hydrogen (secondary N) is 1. The molecule has 0 aliphatic rings. The Bertz CT molecular complexity index is 1270. The zero-order valence-electron chi connectivity index (χ0n) is 19.3. The lowest BCUT2D eigenvalue weighted by Crippen LogP contribution is -2.16. The van der Waals surface area contributed by atoms with Crippen LogP contribution in [0.1, 0.15) is 28.1 Å². The van der Waals surface area contributed by atoms with Gasteiger partial charge in [-0.15, -0.1) is 0 Å². The highest BCUT2D eigenvalue weighted by molar-refractivity contribution is 6.01. The molecule has 3 aromatic rings. The molecule has 0 aliphatic carbocycles. The lowest BCUT2D eigenvalue weighted by atomic mass is 10.1. The highest BCUT2D eigenvalue weighted by Gasteiger charge is 2.29. The first-order chi connectivity index (χ1) is 17.0. The number of alkyl halides is 3. The molecule has 1 amide bonds. The van der Waals surface area contributed by atoms with E-state index in [9.17, 15) is 22.8 Å². The van der Waals surface area contributed by atoms with Crippen LogP contribution in [0.15, 0.2) is 73.6 Å². The lowest BCUT2D eigenvalue weighted by Gasteiger charge is -2.16. The van der Waals surface area contributed by atoms with Gasteiger partial charge in [-0.25, -0.2) is 9.97 Å². The fraction of sp³-hybridized carbons (Fsp3) is 0.154. The number of hydrogen-bond donors (Lipinski definition) is 2. The monoisotopic (exact) mass is 496 g/mol. The maximum atomic E-state index is 12.6. The number of hydrogen-bond acceptors (Lipinski definition) is 5. The van der Waals surface area contributed by atoms with Gasteiger partial charge in [0.1, 0.15) is 11.6 Å². The minimum Gasteiger partial charge on any atom is -0.481 e. The minimum absolute atomic E-state index is 0.213. The molecule has 0 saturated carbocycles. The molecule has 2 aromatic carbocycles. The van der Waals surface area contributed by atoms with Crippen LogP contribution in [0.25, 0.3) is 6.08 Å². The van der Waals surface area contributed by atoms with Gasteiger partial charge in [0.05, 0.1) is 12.0 Å². The van der Waals surface area contributed by atoms with E-state index in [1.165, 1.54) is 36.7 Å². The van der Waals surface area contributed by atoms with Crippen LogP contribution in [0.2, 0.25) is 0 Å². The minimum atomic E-state index is -4.41. The van der Waals surface area contributed by atoms with Gasteiger partial charge in [0.25, 0.3) is 0 Å². The Morgan fingerprint density at radius 2 is 1.78 bits per heavy atom. The molecule has 0 spiro atoms. The fourth-order valence-corrected chi connectivity index (χ4v) is 3.23. The Morgan fingerprint density at radius 1 is 1.11 bits per heavy atom. The second kappa shape index (κ2) is 11.3. The summed E-state index contributed by atoms with van der Waals surface area (Å²) in [5.41, 5.74) is 1.58. The zero-order valence-corrected chi connectivity index (χ0v) is 19.3. The van der Waals surface area contributed by atoms with E-state index >= 15 is 0 Å². The standard InChI is InChI=1S/C26H23F3N4O3/c1-3-33(2)25-19(15-24(35)36)16-30-22(32-25)14-18-6-11-21(12-7-18)31-23(34)13-8-17-4-9-20(10-5-17)26(27,28)29/h3-13,16H,1,14-15H2,2H3,(H,31,34)(H,35,36)/b13-8+. The number of aromatic nitrogens is 2. The number of carboxylic acids is 1. The fourth-order valence-electron chi connectivity index (χ4n) is 3.23. The third-order valence-electron chi connectivity index (χ3n) is 5.09. The molecule has 3 rings (SSSR count). The van der Waals surface area contributed by atoms with Crippen molar-refractivity contribution in [2.75, 3.05) is 17.3 Å². The van der Waals surface area contributed by atoms with Crippen molar-refractivity contribution in [1.82, 2.24) is 9.97 Å². The second-order valence-electron chi connectivity index (χ2n) is 7.82. The molecule has 0 radical (unpaired) electrons.